The van der Waals surface area contributed by atoms with Gasteiger partial charge in [0.2, 0.25) is 5.91 Å². The third kappa shape index (κ3) is 2.74. The second-order valence-corrected chi connectivity index (χ2v) is 4.20. The highest BCUT2D eigenvalue weighted by atomic mass is 16.5. The van der Waals surface area contributed by atoms with Gasteiger partial charge in [-0.1, -0.05) is 0 Å². The van der Waals surface area contributed by atoms with Crippen LogP contribution in [0.3, 0.4) is 0 Å². The van der Waals surface area contributed by atoms with Gasteiger partial charge in [0.15, 0.2) is 0 Å². The molecular weight excluding hydrogens is 208 g/mol. The molecule has 5 heteroatoms. The van der Waals surface area contributed by atoms with E-state index in [0.29, 0.717) is 6.54 Å². The van der Waals surface area contributed by atoms with Crippen LogP contribution in [-0.4, -0.2) is 44.0 Å². The first-order chi connectivity index (χ1) is 7.51. The summed E-state index contributed by atoms with van der Waals surface area (Å²) in [7, 11) is 2.98. The zero-order valence-corrected chi connectivity index (χ0v) is 9.95. The van der Waals surface area contributed by atoms with Crippen molar-refractivity contribution in [2.45, 2.75) is 13.3 Å². The number of ether oxygens (including phenoxy) is 1. The van der Waals surface area contributed by atoms with E-state index in [9.17, 15) is 9.59 Å². The predicted octanol–water partition coefficient (Wildman–Crippen LogP) is 0.131. The molecule has 0 bridgehead atoms. The zero-order valence-electron chi connectivity index (χ0n) is 9.95. The van der Waals surface area contributed by atoms with Gasteiger partial charge in [-0.15, -0.1) is 0 Å². The van der Waals surface area contributed by atoms with E-state index in [-0.39, 0.29) is 17.3 Å². The molecule has 1 unspecified atom stereocenters. The molecule has 1 saturated heterocycles. The van der Waals surface area contributed by atoms with Crippen molar-refractivity contribution in [3.05, 3.63) is 12.3 Å². The van der Waals surface area contributed by atoms with Crippen molar-refractivity contribution in [1.29, 1.82) is 0 Å². The summed E-state index contributed by atoms with van der Waals surface area (Å²) in [5, 5.41) is 2.66. The molecule has 1 rings (SSSR count). The second kappa shape index (κ2) is 5.01. The largest absolute Gasteiger partial charge is 0.466 e. The lowest BCUT2D eigenvalue weighted by atomic mass is 9.89. The van der Waals surface area contributed by atoms with Crippen LogP contribution >= 0.6 is 0 Å². The molecule has 1 aliphatic rings. The van der Waals surface area contributed by atoms with E-state index in [2.05, 4.69) is 10.1 Å². The van der Waals surface area contributed by atoms with Crippen LogP contribution in [0, 0.1) is 5.41 Å². The lowest BCUT2D eigenvalue weighted by Crippen LogP contribution is -2.38. The molecule has 0 aromatic heterocycles. The number of nitrogens with zero attached hydrogens (tertiary/aromatic N) is 1. The molecule has 1 fully saturated rings. The van der Waals surface area contributed by atoms with Crippen LogP contribution in [0.1, 0.15) is 13.3 Å². The molecule has 0 aromatic rings. The average molecular weight is 226 g/mol. The van der Waals surface area contributed by atoms with Gasteiger partial charge < -0.3 is 15.0 Å². The highest BCUT2D eigenvalue weighted by molar-refractivity contribution is 5.83. The van der Waals surface area contributed by atoms with Crippen molar-refractivity contribution in [3.8, 4) is 0 Å². The molecule has 1 aliphatic heterocycles. The van der Waals surface area contributed by atoms with Gasteiger partial charge in [0.1, 0.15) is 0 Å². The fraction of sp³-hybridized carbons (Fsp3) is 0.636. The Bertz CT molecular complexity index is 314. The van der Waals surface area contributed by atoms with E-state index in [0.717, 1.165) is 13.0 Å². The molecule has 0 aromatic carbocycles. The summed E-state index contributed by atoms with van der Waals surface area (Å²) in [5.41, 5.74) is -0.366. The molecule has 0 aliphatic carbocycles. The van der Waals surface area contributed by atoms with Crippen LogP contribution in [0.25, 0.3) is 0 Å². The minimum Gasteiger partial charge on any atom is -0.466 e. The number of methoxy groups -OCH3 is 1. The van der Waals surface area contributed by atoms with Crippen LogP contribution in [0.2, 0.25) is 0 Å². The standard InChI is InChI=1S/C11H18N2O3/c1-11(10(15)12-2)5-7-13(8-11)6-4-9(14)16-3/h4,6H,5,7-8H2,1-3H3,(H,12,15)/b6-4+. The summed E-state index contributed by atoms with van der Waals surface area (Å²) < 4.78 is 4.50. The number of amides is 1. The molecule has 0 saturated carbocycles. The Hall–Kier alpha value is -1.52. The molecule has 5 nitrogen and oxygen atoms in total. The summed E-state index contributed by atoms with van der Waals surface area (Å²) in [5.74, 6) is -0.338. The van der Waals surface area contributed by atoms with E-state index in [4.69, 9.17) is 0 Å². The molecule has 1 atom stereocenters. The van der Waals surface area contributed by atoms with Crippen molar-refractivity contribution < 1.29 is 14.3 Å². The first-order valence-electron chi connectivity index (χ1n) is 5.24. The molecule has 1 amide bonds. The van der Waals surface area contributed by atoms with E-state index in [1.165, 1.54) is 13.2 Å². The van der Waals surface area contributed by atoms with E-state index in [1.54, 1.807) is 13.2 Å². The van der Waals surface area contributed by atoms with Crippen molar-refractivity contribution in [2.75, 3.05) is 27.2 Å². The number of likely N-dealkylation sites (tertiary alicyclic amines) is 1. The quantitative estimate of drug-likeness (QED) is 0.549. The fourth-order valence-electron chi connectivity index (χ4n) is 1.85. The van der Waals surface area contributed by atoms with Gasteiger partial charge in [-0.2, -0.15) is 0 Å². The smallest absolute Gasteiger partial charge is 0.331 e. The summed E-state index contributed by atoms with van der Waals surface area (Å²) in [6.45, 7) is 3.33. The molecule has 1 heterocycles. The number of carbonyl (C=O) groups excluding carboxylic acids is 2. The van der Waals surface area contributed by atoms with Gasteiger partial charge >= 0.3 is 5.97 Å². The Morgan fingerprint density at radius 2 is 2.19 bits per heavy atom. The lowest BCUT2D eigenvalue weighted by Gasteiger charge is -2.21. The van der Waals surface area contributed by atoms with Crippen molar-refractivity contribution in [1.82, 2.24) is 10.2 Å². The predicted molar refractivity (Wildman–Crippen MR) is 59.5 cm³/mol. The minimum absolute atomic E-state index is 0.0430. The summed E-state index contributed by atoms with van der Waals surface area (Å²) in [6, 6.07) is 0. The van der Waals surface area contributed by atoms with Crippen molar-refractivity contribution in [3.63, 3.8) is 0 Å². The number of nitrogens with one attached hydrogen (secondary N) is 1. The lowest BCUT2D eigenvalue weighted by molar-refractivity contribution is -0.134. The van der Waals surface area contributed by atoms with Gasteiger partial charge in [-0.3, -0.25) is 4.79 Å². The maximum absolute atomic E-state index is 11.6. The van der Waals surface area contributed by atoms with Gasteiger partial charge in [0.25, 0.3) is 0 Å². The van der Waals surface area contributed by atoms with E-state index >= 15 is 0 Å². The Kier molecular flexibility index (Phi) is 3.93. The van der Waals surface area contributed by atoms with E-state index < -0.39 is 0 Å². The molecule has 0 spiro atoms. The number of esters is 1. The highest BCUT2D eigenvalue weighted by Crippen LogP contribution is 2.29. The van der Waals surface area contributed by atoms with Crippen LogP contribution in [0.4, 0.5) is 0 Å². The molecule has 16 heavy (non-hydrogen) atoms. The molecule has 90 valence electrons. The van der Waals surface area contributed by atoms with Crippen LogP contribution in [0.15, 0.2) is 12.3 Å². The summed E-state index contributed by atoms with van der Waals surface area (Å²) >= 11 is 0. The number of carbonyl (C=O) groups is 2. The maximum atomic E-state index is 11.6. The van der Waals surface area contributed by atoms with Gasteiger partial charge in [-0.05, 0) is 13.3 Å². The Morgan fingerprint density at radius 3 is 2.75 bits per heavy atom. The summed E-state index contributed by atoms with van der Waals surface area (Å²) in [6.07, 6.45) is 3.84. The topological polar surface area (TPSA) is 58.6 Å². The summed E-state index contributed by atoms with van der Waals surface area (Å²) in [4.78, 5) is 24.5. The van der Waals surface area contributed by atoms with Crippen LogP contribution < -0.4 is 5.32 Å². The molecule has 1 N–H and O–H groups in total. The van der Waals surface area contributed by atoms with Gasteiger partial charge in [-0.25, -0.2) is 4.79 Å². The minimum atomic E-state index is -0.381. The Balaban J connectivity index is 2.55. The first kappa shape index (κ1) is 12.5. The zero-order chi connectivity index (χ0) is 12.2. The maximum Gasteiger partial charge on any atom is 0.331 e. The molecule has 0 radical (unpaired) electrons. The van der Waals surface area contributed by atoms with Gasteiger partial charge in [0, 0.05) is 32.4 Å². The molecular formula is C11H18N2O3. The monoisotopic (exact) mass is 226 g/mol. The highest BCUT2D eigenvalue weighted by Gasteiger charge is 2.38. The van der Waals surface area contributed by atoms with E-state index in [1.807, 2.05) is 11.8 Å². The first-order valence-corrected chi connectivity index (χ1v) is 5.24. The Labute approximate surface area is 95.4 Å². The normalized spacial score (nSPS) is 24.8. The van der Waals surface area contributed by atoms with Crippen LogP contribution in [-0.2, 0) is 14.3 Å². The third-order valence-corrected chi connectivity index (χ3v) is 2.90. The van der Waals surface area contributed by atoms with Crippen molar-refractivity contribution in [2.24, 2.45) is 5.41 Å². The third-order valence-electron chi connectivity index (χ3n) is 2.90. The average Bonchev–Trinajstić information content (AvgIpc) is 2.68. The fourth-order valence-corrected chi connectivity index (χ4v) is 1.85. The number of hydrogen-bond donors (Lipinski definition) is 1. The van der Waals surface area contributed by atoms with Gasteiger partial charge in [0.05, 0.1) is 12.5 Å². The van der Waals surface area contributed by atoms with Crippen LogP contribution in [0.5, 0.6) is 0 Å². The Morgan fingerprint density at radius 1 is 1.50 bits per heavy atom. The second-order valence-electron chi connectivity index (χ2n) is 4.20. The SMILES string of the molecule is CNC(=O)C1(C)CCN(/C=C/C(=O)OC)C1. The number of rotatable bonds is 3. The number of hydrogen-bond acceptors (Lipinski definition) is 4. The van der Waals surface area contributed by atoms with Crippen molar-refractivity contribution >= 4 is 11.9 Å².